The number of rotatable bonds is 6. The summed E-state index contributed by atoms with van der Waals surface area (Å²) in [5.41, 5.74) is 2.69. The van der Waals surface area contributed by atoms with Gasteiger partial charge >= 0.3 is 0 Å². The molecule has 35 heavy (non-hydrogen) atoms. The Bertz CT molecular complexity index is 1250. The van der Waals surface area contributed by atoms with Crippen molar-refractivity contribution in [3.63, 3.8) is 0 Å². The van der Waals surface area contributed by atoms with Crippen molar-refractivity contribution in [3.05, 3.63) is 101 Å². The molecule has 3 atom stereocenters. The second-order valence-corrected chi connectivity index (χ2v) is 8.57. The van der Waals surface area contributed by atoms with Gasteiger partial charge in [-0.3, -0.25) is 14.4 Å². The van der Waals surface area contributed by atoms with Crippen LogP contribution in [0.4, 0.5) is 14.5 Å². The third kappa shape index (κ3) is 5.21. The van der Waals surface area contributed by atoms with Crippen LogP contribution in [0.3, 0.4) is 0 Å². The monoisotopic (exact) mass is 477 g/mol. The van der Waals surface area contributed by atoms with E-state index in [1.807, 2.05) is 54.6 Å². The molecule has 0 aromatic heterocycles. The van der Waals surface area contributed by atoms with Gasteiger partial charge in [0.05, 0.1) is 6.42 Å². The number of hydrogen-bond acceptors (Lipinski definition) is 3. The van der Waals surface area contributed by atoms with Gasteiger partial charge in [0, 0.05) is 24.7 Å². The van der Waals surface area contributed by atoms with E-state index in [4.69, 9.17) is 0 Å². The summed E-state index contributed by atoms with van der Waals surface area (Å²) in [6.45, 7) is 1.49. The SMILES string of the molecule is C[C@H](NC(=O)Cc1cc(F)cc(F)c1)C(=O)NC1C(=O)N(C)c2ccccc2C1c1ccccc1. The molecule has 1 aliphatic heterocycles. The van der Waals surface area contributed by atoms with Gasteiger partial charge in [0.25, 0.3) is 0 Å². The van der Waals surface area contributed by atoms with E-state index in [1.165, 1.54) is 11.8 Å². The van der Waals surface area contributed by atoms with Gasteiger partial charge < -0.3 is 15.5 Å². The van der Waals surface area contributed by atoms with Crippen molar-refractivity contribution in [1.82, 2.24) is 10.6 Å². The van der Waals surface area contributed by atoms with Crippen LogP contribution >= 0.6 is 0 Å². The van der Waals surface area contributed by atoms with Crippen LogP contribution in [0.15, 0.2) is 72.8 Å². The predicted octanol–water partition coefficient (Wildman–Crippen LogP) is 3.31. The van der Waals surface area contributed by atoms with Crippen molar-refractivity contribution in [2.75, 3.05) is 11.9 Å². The molecule has 8 heteroatoms. The molecule has 1 aliphatic rings. The van der Waals surface area contributed by atoms with E-state index >= 15 is 0 Å². The molecular formula is C27H25F2N3O3. The van der Waals surface area contributed by atoms with E-state index in [-0.39, 0.29) is 17.9 Å². The molecule has 3 amide bonds. The van der Waals surface area contributed by atoms with Gasteiger partial charge in [0.15, 0.2) is 0 Å². The van der Waals surface area contributed by atoms with E-state index in [1.54, 1.807) is 7.05 Å². The quantitative estimate of drug-likeness (QED) is 0.572. The number of fused-ring (bicyclic) bond motifs is 1. The van der Waals surface area contributed by atoms with E-state index < -0.39 is 41.5 Å². The summed E-state index contributed by atoms with van der Waals surface area (Å²) < 4.78 is 26.8. The van der Waals surface area contributed by atoms with Crippen LogP contribution in [0.25, 0.3) is 0 Å². The number of carbonyl (C=O) groups is 3. The van der Waals surface area contributed by atoms with Crippen molar-refractivity contribution in [1.29, 1.82) is 0 Å². The van der Waals surface area contributed by atoms with Crippen LogP contribution in [-0.4, -0.2) is 36.9 Å². The Morgan fingerprint density at radius 2 is 1.60 bits per heavy atom. The highest BCUT2D eigenvalue weighted by Crippen LogP contribution is 2.39. The summed E-state index contributed by atoms with van der Waals surface area (Å²) in [5, 5.41) is 5.35. The maximum absolute atomic E-state index is 13.4. The molecule has 0 spiro atoms. The lowest BCUT2D eigenvalue weighted by Gasteiger charge is -2.38. The van der Waals surface area contributed by atoms with E-state index in [2.05, 4.69) is 10.6 Å². The molecule has 0 saturated heterocycles. The minimum absolute atomic E-state index is 0.150. The van der Waals surface area contributed by atoms with Crippen molar-refractivity contribution in [2.24, 2.45) is 0 Å². The Labute approximate surface area is 201 Å². The van der Waals surface area contributed by atoms with Crippen molar-refractivity contribution in [3.8, 4) is 0 Å². The first-order valence-electron chi connectivity index (χ1n) is 11.2. The maximum atomic E-state index is 13.4. The lowest BCUT2D eigenvalue weighted by Crippen LogP contribution is -2.57. The smallest absolute Gasteiger partial charge is 0.250 e. The number of nitrogens with one attached hydrogen (secondary N) is 2. The number of hydrogen-bond donors (Lipinski definition) is 2. The summed E-state index contributed by atoms with van der Waals surface area (Å²) in [6.07, 6.45) is -0.294. The Morgan fingerprint density at radius 1 is 0.971 bits per heavy atom. The first-order valence-corrected chi connectivity index (χ1v) is 11.2. The third-order valence-corrected chi connectivity index (χ3v) is 6.08. The molecule has 2 N–H and O–H groups in total. The first kappa shape index (κ1) is 24.1. The van der Waals surface area contributed by atoms with Gasteiger partial charge in [-0.2, -0.15) is 0 Å². The summed E-state index contributed by atoms with van der Waals surface area (Å²) in [6, 6.07) is 17.9. The number of nitrogens with zero attached hydrogens (tertiary/aromatic N) is 1. The third-order valence-electron chi connectivity index (χ3n) is 6.08. The standard InChI is InChI=1S/C27H25F2N3O3/c1-16(30-23(33)14-17-12-19(28)15-20(29)13-17)26(34)31-25-24(18-8-4-3-5-9-18)21-10-6-7-11-22(21)32(2)27(25)35/h3-13,15-16,24-25H,14H2,1-2H3,(H,30,33)(H,31,34)/t16-,24?,25?/m0/s1. The maximum Gasteiger partial charge on any atom is 0.250 e. The second kappa shape index (κ2) is 10.0. The molecule has 0 aliphatic carbocycles. The van der Waals surface area contributed by atoms with Gasteiger partial charge in [0.2, 0.25) is 17.7 Å². The van der Waals surface area contributed by atoms with Gasteiger partial charge in [-0.15, -0.1) is 0 Å². The highest BCUT2D eigenvalue weighted by atomic mass is 19.1. The topological polar surface area (TPSA) is 78.5 Å². The van der Waals surface area contributed by atoms with Crippen molar-refractivity contribution >= 4 is 23.4 Å². The number of anilines is 1. The summed E-state index contributed by atoms with van der Waals surface area (Å²) >= 11 is 0. The number of para-hydroxylation sites is 1. The number of halogens is 2. The minimum Gasteiger partial charge on any atom is -0.344 e. The average Bonchev–Trinajstić information content (AvgIpc) is 2.82. The molecule has 2 unspecified atom stereocenters. The predicted molar refractivity (Wildman–Crippen MR) is 128 cm³/mol. The Morgan fingerprint density at radius 3 is 2.29 bits per heavy atom. The molecular weight excluding hydrogens is 452 g/mol. The molecule has 0 bridgehead atoms. The second-order valence-electron chi connectivity index (χ2n) is 8.57. The number of carbonyl (C=O) groups excluding carboxylic acids is 3. The zero-order valence-electron chi connectivity index (χ0n) is 19.3. The molecule has 0 saturated carbocycles. The van der Waals surface area contributed by atoms with E-state index in [0.29, 0.717) is 0 Å². The Hall–Kier alpha value is -4.07. The molecule has 0 radical (unpaired) electrons. The molecule has 6 nitrogen and oxygen atoms in total. The molecule has 3 aromatic rings. The highest BCUT2D eigenvalue weighted by molar-refractivity contribution is 6.03. The fourth-order valence-corrected chi connectivity index (χ4v) is 4.42. The van der Waals surface area contributed by atoms with Gasteiger partial charge in [0.1, 0.15) is 23.7 Å². The fraction of sp³-hybridized carbons (Fsp3) is 0.222. The van der Waals surface area contributed by atoms with Crippen LogP contribution in [0.2, 0.25) is 0 Å². The minimum atomic E-state index is -0.979. The molecule has 0 fully saturated rings. The zero-order valence-corrected chi connectivity index (χ0v) is 19.3. The van der Waals surface area contributed by atoms with Crippen LogP contribution in [-0.2, 0) is 20.8 Å². The Kier molecular flexibility index (Phi) is 6.91. The van der Waals surface area contributed by atoms with Gasteiger partial charge in [-0.05, 0) is 41.8 Å². The van der Waals surface area contributed by atoms with E-state index in [0.717, 1.165) is 35.0 Å². The molecule has 3 aromatic carbocycles. The van der Waals surface area contributed by atoms with Crippen molar-refractivity contribution in [2.45, 2.75) is 31.3 Å². The summed E-state index contributed by atoms with van der Waals surface area (Å²) in [7, 11) is 1.66. The fourth-order valence-electron chi connectivity index (χ4n) is 4.42. The zero-order chi connectivity index (χ0) is 25.1. The van der Waals surface area contributed by atoms with Crippen molar-refractivity contribution < 1.29 is 23.2 Å². The van der Waals surface area contributed by atoms with Gasteiger partial charge in [-0.1, -0.05) is 48.5 Å². The summed E-state index contributed by atoms with van der Waals surface area (Å²) in [5.74, 6) is -3.39. The normalized spacial score (nSPS) is 17.9. The molecule has 4 rings (SSSR count). The number of benzene rings is 3. The number of likely N-dealkylation sites (N-methyl/N-ethyl adjacent to an activating group) is 1. The van der Waals surface area contributed by atoms with Crippen LogP contribution in [0.5, 0.6) is 0 Å². The lowest BCUT2D eigenvalue weighted by atomic mass is 9.80. The summed E-state index contributed by atoms with van der Waals surface area (Å²) in [4.78, 5) is 40.3. The Balaban J connectivity index is 1.52. The van der Waals surface area contributed by atoms with E-state index in [9.17, 15) is 23.2 Å². The van der Waals surface area contributed by atoms with Crippen LogP contribution in [0, 0.1) is 11.6 Å². The van der Waals surface area contributed by atoms with Gasteiger partial charge in [-0.25, -0.2) is 8.78 Å². The highest BCUT2D eigenvalue weighted by Gasteiger charge is 2.41. The largest absolute Gasteiger partial charge is 0.344 e. The number of amides is 3. The molecule has 1 heterocycles. The molecule has 180 valence electrons. The van der Waals surface area contributed by atoms with Crippen LogP contribution < -0.4 is 15.5 Å². The average molecular weight is 478 g/mol. The first-order chi connectivity index (χ1) is 16.7. The lowest BCUT2D eigenvalue weighted by molar-refractivity contribution is -0.131. The van der Waals surface area contributed by atoms with Crippen LogP contribution in [0.1, 0.15) is 29.5 Å².